The largest absolute Gasteiger partial charge is 0.378 e. The van der Waals surface area contributed by atoms with Gasteiger partial charge in [0.2, 0.25) is 15.9 Å². The highest BCUT2D eigenvalue weighted by Crippen LogP contribution is 2.28. The lowest BCUT2D eigenvalue weighted by molar-refractivity contribution is -0.126. The third kappa shape index (κ3) is 6.91. The number of likely N-dealkylation sites (tertiary alicyclic amines) is 1. The van der Waals surface area contributed by atoms with E-state index in [0.717, 1.165) is 38.5 Å². The molecule has 0 aliphatic carbocycles. The number of primary sulfonamides is 1. The van der Waals surface area contributed by atoms with Gasteiger partial charge in [0, 0.05) is 38.4 Å². The lowest BCUT2D eigenvalue weighted by Crippen LogP contribution is -2.46. The molecule has 0 radical (unpaired) electrons. The molecule has 2 fully saturated rings. The third-order valence-corrected chi connectivity index (χ3v) is 7.20. The lowest BCUT2D eigenvalue weighted by Gasteiger charge is -2.35. The maximum atomic E-state index is 13.5. The van der Waals surface area contributed by atoms with Crippen LogP contribution >= 0.6 is 0 Å². The van der Waals surface area contributed by atoms with Gasteiger partial charge in [-0.3, -0.25) is 9.59 Å². The first-order chi connectivity index (χ1) is 15.8. The molecule has 10 heteroatoms. The first-order valence-electron chi connectivity index (χ1n) is 11.9. The number of anilines is 1. The van der Waals surface area contributed by atoms with Crippen LogP contribution < -0.4 is 15.4 Å². The van der Waals surface area contributed by atoms with Crippen LogP contribution in [0.4, 0.5) is 5.69 Å². The SMILES string of the molecule is CCCCCCNC(=O)C1CCCN(C(=O)c2cc(S(N)(=O)=O)ccc2N2CCOCC2)C1. The number of ether oxygens (including phenoxy) is 1. The fraction of sp³-hybridized carbons (Fsp3) is 0.652. The molecule has 2 saturated heterocycles. The number of hydrogen-bond donors (Lipinski definition) is 2. The molecule has 0 spiro atoms. The molecule has 1 unspecified atom stereocenters. The van der Waals surface area contributed by atoms with Crippen LogP contribution in [0.2, 0.25) is 0 Å². The average Bonchev–Trinajstić information content (AvgIpc) is 2.83. The Hall–Kier alpha value is -2.17. The van der Waals surface area contributed by atoms with E-state index in [-0.39, 0.29) is 22.6 Å². The zero-order chi connectivity index (χ0) is 23.8. The van der Waals surface area contributed by atoms with Gasteiger partial charge in [0.05, 0.1) is 29.6 Å². The Labute approximate surface area is 196 Å². The zero-order valence-electron chi connectivity index (χ0n) is 19.4. The van der Waals surface area contributed by atoms with Crippen LogP contribution in [0.15, 0.2) is 23.1 Å². The highest BCUT2D eigenvalue weighted by atomic mass is 32.2. The minimum atomic E-state index is -3.96. The first kappa shape index (κ1) is 25.5. The Bertz CT molecular complexity index is 931. The van der Waals surface area contributed by atoms with Gasteiger partial charge in [-0.1, -0.05) is 26.2 Å². The molecule has 3 N–H and O–H groups in total. The number of nitrogens with two attached hydrogens (primary N) is 1. The second kappa shape index (κ2) is 11.8. The molecule has 2 aliphatic heterocycles. The molecule has 0 bridgehead atoms. The maximum Gasteiger partial charge on any atom is 0.256 e. The van der Waals surface area contributed by atoms with Gasteiger partial charge < -0.3 is 19.9 Å². The number of morpholine rings is 1. The van der Waals surface area contributed by atoms with Crippen LogP contribution in [-0.4, -0.2) is 71.1 Å². The lowest BCUT2D eigenvalue weighted by atomic mass is 9.96. The molecule has 2 heterocycles. The van der Waals surface area contributed by atoms with E-state index in [9.17, 15) is 18.0 Å². The molecule has 9 nitrogen and oxygen atoms in total. The van der Waals surface area contributed by atoms with E-state index in [1.165, 1.54) is 12.1 Å². The highest BCUT2D eigenvalue weighted by Gasteiger charge is 2.31. The van der Waals surface area contributed by atoms with Gasteiger partial charge in [0.1, 0.15) is 0 Å². The van der Waals surface area contributed by atoms with E-state index in [0.29, 0.717) is 57.2 Å². The zero-order valence-corrected chi connectivity index (χ0v) is 20.2. The van der Waals surface area contributed by atoms with Crippen molar-refractivity contribution in [1.82, 2.24) is 10.2 Å². The molecule has 1 aromatic rings. The van der Waals surface area contributed by atoms with Gasteiger partial charge in [-0.2, -0.15) is 0 Å². The number of sulfonamides is 1. The molecule has 33 heavy (non-hydrogen) atoms. The van der Waals surface area contributed by atoms with Crippen LogP contribution in [0.25, 0.3) is 0 Å². The third-order valence-electron chi connectivity index (χ3n) is 6.29. The maximum absolute atomic E-state index is 13.5. The summed E-state index contributed by atoms with van der Waals surface area (Å²) in [6.45, 7) is 5.94. The van der Waals surface area contributed by atoms with Crippen LogP contribution in [0.5, 0.6) is 0 Å². The molecule has 184 valence electrons. The summed E-state index contributed by atoms with van der Waals surface area (Å²) in [7, 11) is -3.96. The number of unbranched alkanes of at least 4 members (excludes halogenated alkanes) is 3. The molecular formula is C23H36N4O5S. The number of carbonyl (C=O) groups excluding carboxylic acids is 2. The van der Waals surface area contributed by atoms with Crippen molar-refractivity contribution in [1.29, 1.82) is 0 Å². The van der Waals surface area contributed by atoms with Crippen molar-refractivity contribution in [2.45, 2.75) is 50.3 Å². The van der Waals surface area contributed by atoms with Crippen molar-refractivity contribution in [3.8, 4) is 0 Å². The molecule has 3 rings (SSSR count). The van der Waals surface area contributed by atoms with Crippen molar-refractivity contribution < 1.29 is 22.7 Å². The fourth-order valence-corrected chi connectivity index (χ4v) is 4.94. The monoisotopic (exact) mass is 480 g/mol. The second-order valence-electron chi connectivity index (χ2n) is 8.77. The van der Waals surface area contributed by atoms with Crippen molar-refractivity contribution in [2.75, 3.05) is 50.8 Å². The van der Waals surface area contributed by atoms with Gasteiger partial charge in [-0.25, -0.2) is 13.6 Å². The van der Waals surface area contributed by atoms with Crippen LogP contribution in [-0.2, 0) is 19.6 Å². The van der Waals surface area contributed by atoms with E-state index >= 15 is 0 Å². The molecule has 0 aromatic heterocycles. The topological polar surface area (TPSA) is 122 Å². The molecule has 1 atom stereocenters. The highest BCUT2D eigenvalue weighted by molar-refractivity contribution is 7.89. The summed E-state index contributed by atoms with van der Waals surface area (Å²) in [4.78, 5) is 29.8. The van der Waals surface area contributed by atoms with E-state index in [1.807, 2.05) is 4.90 Å². The number of piperidine rings is 1. The summed E-state index contributed by atoms with van der Waals surface area (Å²) in [5, 5.41) is 8.34. The van der Waals surface area contributed by atoms with Gasteiger partial charge in [-0.15, -0.1) is 0 Å². The average molecular weight is 481 g/mol. The predicted octanol–water partition coefficient (Wildman–Crippen LogP) is 1.72. The normalized spacial score (nSPS) is 19.4. The van der Waals surface area contributed by atoms with Crippen LogP contribution in [0.1, 0.15) is 55.8 Å². The van der Waals surface area contributed by atoms with E-state index in [2.05, 4.69) is 12.2 Å². The Balaban J connectivity index is 1.74. The summed E-state index contributed by atoms with van der Waals surface area (Å²) < 4.78 is 29.3. The standard InChI is InChI=1S/C23H36N4O5S/c1-2-3-4-5-10-25-22(28)18-7-6-11-27(17-18)23(29)20-16-19(33(24,30)31)8-9-21(20)26-12-14-32-15-13-26/h8-9,16,18H,2-7,10-15,17H2,1H3,(H,25,28)(H2,24,30,31). The summed E-state index contributed by atoms with van der Waals surface area (Å²) in [6, 6.07) is 4.44. The number of nitrogens with one attached hydrogen (secondary N) is 1. The smallest absolute Gasteiger partial charge is 0.256 e. The van der Waals surface area contributed by atoms with Crippen LogP contribution in [0.3, 0.4) is 0 Å². The number of rotatable bonds is 9. The van der Waals surface area contributed by atoms with Gasteiger partial charge >= 0.3 is 0 Å². The first-order valence-corrected chi connectivity index (χ1v) is 13.4. The molecule has 2 amide bonds. The van der Waals surface area contributed by atoms with Crippen molar-refractivity contribution in [3.63, 3.8) is 0 Å². The molecule has 0 saturated carbocycles. The summed E-state index contributed by atoms with van der Waals surface area (Å²) in [5.74, 6) is -0.555. The Morgan fingerprint density at radius 2 is 1.91 bits per heavy atom. The quantitative estimate of drug-likeness (QED) is 0.519. The molecule has 1 aromatic carbocycles. The Morgan fingerprint density at radius 3 is 2.61 bits per heavy atom. The van der Waals surface area contributed by atoms with Crippen LogP contribution in [0, 0.1) is 5.92 Å². The molecular weight excluding hydrogens is 444 g/mol. The number of hydrogen-bond acceptors (Lipinski definition) is 6. The minimum Gasteiger partial charge on any atom is -0.378 e. The summed E-state index contributed by atoms with van der Waals surface area (Å²) >= 11 is 0. The van der Waals surface area contributed by atoms with Gasteiger partial charge in [0.15, 0.2) is 0 Å². The van der Waals surface area contributed by atoms with Crippen molar-refractivity contribution in [3.05, 3.63) is 23.8 Å². The Kier molecular flexibility index (Phi) is 9.10. The summed E-state index contributed by atoms with van der Waals surface area (Å²) in [6.07, 6.45) is 5.81. The fourth-order valence-electron chi connectivity index (χ4n) is 4.40. The van der Waals surface area contributed by atoms with E-state index in [1.54, 1.807) is 11.0 Å². The summed E-state index contributed by atoms with van der Waals surface area (Å²) in [5.41, 5.74) is 0.960. The second-order valence-corrected chi connectivity index (χ2v) is 10.3. The van der Waals surface area contributed by atoms with Crippen molar-refractivity contribution in [2.24, 2.45) is 11.1 Å². The van der Waals surface area contributed by atoms with E-state index in [4.69, 9.17) is 9.88 Å². The predicted molar refractivity (Wildman–Crippen MR) is 127 cm³/mol. The molecule has 2 aliphatic rings. The number of amides is 2. The number of nitrogens with zero attached hydrogens (tertiary/aromatic N) is 2. The number of benzene rings is 1. The van der Waals surface area contributed by atoms with Crippen molar-refractivity contribution >= 4 is 27.5 Å². The van der Waals surface area contributed by atoms with E-state index < -0.39 is 10.0 Å². The van der Waals surface area contributed by atoms with Gasteiger partial charge in [-0.05, 0) is 37.5 Å². The minimum absolute atomic E-state index is 0.0179. The van der Waals surface area contributed by atoms with Gasteiger partial charge in [0.25, 0.3) is 5.91 Å². The number of carbonyl (C=O) groups is 2. The Morgan fingerprint density at radius 1 is 1.15 bits per heavy atom.